The molecule has 0 aliphatic carbocycles. The van der Waals surface area contributed by atoms with Gasteiger partial charge < -0.3 is 0 Å². The van der Waals surface area contributed by atoms with Gasteiger partial charge in [-0.2, -0.15) is 5.26 Å². The van der Waals surface area contributed by atoms with Crippen LogP contribution < -0.4 is 5.90 Å². The molecule has 0 saturated heterocycles. The molecule has 1 aromatic heterocycles. The van der Waals surface area contributed by atoms with Crippen LogP contribution in [0.4, 0.5) is 0 Å². The number of nitrogens with zero attached hydrogens (tertiary/aromatic N) is 2. The van der Waals surface area contributed by atoms with Gasteiger partial charge in [0.15, 0.2) is 0 Å². The summed E-state index contributed by atoms with van der Waals surface area (Å²) in [5.41, 5.74) is 2.26. The lowest BCUT2D eigenvalue weighted by Gasteiger charge is -2.14. The molecular weight excluding hydrogens is 214 g/mol. The fraction of sp³-hybridized carbons (Fsp3) is 0.0769. The van der Waals surface area contributed by atoms with Crippen LogP contribution in [-0.2, 0) is 4.84 Å². The Bertz CT molecular complexity index is 534. The van der Waals surface area contributed by atoms with Crippen molar-refractivity contribution in [3.8, 4) is 6.07 Å². The van der Waals surface area contributed by atoms with E-state index in [1.165, 1.54) is 0 Å². The van der Waals surface area contributed by atoms with Gasteiger partial charge in [-0.15, -0.1) is 0 Å². The summed E-state index contributed by atoms with van der Waals surface area (Å²) >= 11 is 0. The lowest BCUT2D eigenvalue weighted by molar-refractivity contribution is 0.0811. The summed E-state index contributed by atoms with van der Waals surface area (Å²) < 4.78 is 0. The lowest BCUT2D eigenvalue weighted by Crippen LogP contribution is -2.11. The van der Waals surface area contributed by atoms with E-state index in [1.54, 1.807) is 30.6 Å². The van der Waals surface area contributed by atoms with Crippen LogP contribution in [0.2, 0.25) is 0 Å². The second-order valence-corrected chi connectivity index (χ2v) is 3.54. The molecular formula is C13H11N3O. The number of aromatic nitrogens is 1. The first-order valence-corrected chi connectivity index (χ1v) is 5.10. The molecule has 1 aromatic carbocycles. The van der Waals surface area contributed by atoms with E-state index < -0.39 is 6.10 Å². The van der Waals surface area contributed by atoms with Crippen molar-refractivity contribution in [1.82, 2.24) is 4.98 Å². The molecule has 4 heteroatoms. The predicted octanol–water partition coefficient (Wildman–Crippen LogP) is 1.93. The second-order valence-electron chi connectivity index (χ2n) is 3.54. The number of hydrogen-bond donors (Lipinski definition) is 1. The Kier molecular flexibility index (Phi) is 3.46. The number of pyridine rings is 1. The smallest absolute Gasteiger partial charge is 0.130 e. The summed E-state index contributed by atoms with van der Waals surface area (Å²) in [5.74, 6) is 5.32. The molecule has 0 radical (unpaired) electrons. The Labute approximate surface area is 99.2 Å². The predicted molar refractivity (Wildman–Crippen MR) is 62.5 cm³/mol. The van der Waals surface area contributed by atoms with Crippen LogP contribution in [0.1, 0.15) is 22.8 Å². The summed E-state index contributed by atoms with van der Waals surface area (Å²) in [4.78, 5) is 8.99. The van der Waals surface area contributed by atoms with E-state index in [-0.39, 0.29) is 0 Å². The first-order valence-electron chi connectivity index (χ1n) is 5.10. The van der Waals surface area contributed by atoms with Crippen LogP contribution in [0.15, 0.2) is 48.8 Å². The Morgan fingerprint density at radius 1 is 1.24 bits per heavy atom. The minimum Gasteiger partial charge on any atom is -0.292 e. The topological polar surface area (TPSA) is 71.9 Å². The maximum atomic E-state index is 8.85. The van der Waals surface area contributed by atoms with E-state index in [0.717, 1.165) is 11.1 Å². The first kappa shape index (κ1) is 11.3. The highest BCUT2D eigenvalue weighted by molar-refractivity contribution is 5.37. The summed E-state index contributed by atoms with van der Waals surface area (Å²) in [6, 6.07) is 12.9. The molecule has 0 spiro atoms. The summed E-state index contributed by atoms with van der Waals surface area (Å²) in [5, 5.41) is 8.85. The quantitative estimate of drug-likeness (QED) is 0.810. The minimum atomic E-state index is -0.406. The highest BCUT2D eigenvalue weighted by Gasteiger charge is 2.14. The third-order valence-electron chi connectivity index (χ3n) is 2.44. The van der Waals surface area contributed by atoms with Crippen LogP contribution in [-0.4, -0.2) is 4.98 Å². The van der Waals surface area contributed by atoms with Gasteiger partial charge in [-0.05, 0) is 23.8 Å². The molecule has 0 amide bonds. The van der Waals surface area contributed by atoms with Crippen LogP contribution in [0.3, 0.4) is 0 Å². The summed E-state index contributed by atoms with van der Waals surface area (Å²) in [7, 11) is 0. The van der Waals surface area contributed by atoms with Gasteiger partial charge in [0.25, 0.3) is 0 Å². The molecule has 1 atom stereocenters. The monoisotopic (exact) mass is 225 g/mol. The normalized spacial score (nSPS) is 11.8. The van der Waals surface area contributed by atoms with Crippen molar-refractivity contribution in [2.24, 2.45) is 5.90 Å². The zero-order valence-corrected chi connectivity index (χ0v) is 9.08. The van der Waals surface area contributed by atoms with Crippen molar-refractivity contribution in [2.75, 3.05) is 0 Å². The van der Waals surface area contributed by atoms with Gasteiger partial charge in [0.2, 0.25) is 0 Å². The van der Waals surface area contributed by atoms with Gasteiger partial charge in [-0.25, -0.2) is 5.90 Å². The van der Waals surface area contributed by atoms with Gasteiger partial charge in [-0.3, -0.25) is 9.82 Å². The Hall–Kier alpha value is -2.22. The van der Waals surface area contributed by atoms with Crippen molar-refractivity contribution in [3.05, 3.63) is 65.5 Å². The molecule has 2 N–H and O–H groups in total. The van der Waals surface area contributed by atoms with Crippen molar-refractivity contribution < 1.29 is 4.84 Å². The molecule has 2 rings (SSSR count). The molecule has 17 heavy (non-hydrogen) atoms. The minimum absolute atomic E-state index is 0.406. The molecule has 1 heterocycles. The van der Waals surface area contributed by atoms with Crippen LogP contribution >= 0.6 is 0 Å². The Morgan fingerprint density at radius 3 is 2.71 bits per heavy atom. The third kappa shape index (κ3) is 2.48. The molecule has 0 bridgehead atoms. The van der Waals surface area contributed by atoms with E-state index in [1.807, 2.05) is 18.2 Å². The lowest BCUT2D eigenvalue weighted by atomic mass is 10.0. The van der Waals surface area contributed by atoms with Crippen molar-refractivity contribution in [3.63, 3.8) is 0 Å². The third-order valence-corrected chi connectivity index (χ3v) is 2.44. The molecule has 84 valence electrons. The number of rotatable bonds is 3. The molecule has 2 aromatic rings. The molecule has 0 aliphatic rings. The highest BCUT2D eigenvalue weighted by Crippen LogP contribution is 2.24. The van der Waals surface area contributed by atoms with Gasteiger partial charge in [-0.1, -0.05) is 18.2 Å². The van der Waals surface area contributed by atoms with Crippen LogP contribution in [0, 0.1) is 11.3 Å². The maximum absolute atomic E-state index is 8.85. The largest absolute Gasteiger partial charge is 0.292 e. The van der Waals surface area contributed by atoms with Crippen LogP contribution in [0.5, 0.6) is 0 Å². The molecule has 0 aliphatic heterocycles. The number of nitriles is 1. The van der Waals surface area contributed by atoms with E-state index in [2.05, 4.69) is 11.1 Å². The standard InChI is InChI=1S/C13H11N3O/c14-8-10-3-1-4-11(7-10)13(17-15)12-5-2-6-16-9-12/h1-7,9,13H,15H2. The van der Waals surface area contributed by atoms with E-state index in [0.29, 0.717) is 5.56 Å². The van der Waals surface area contributed by atoms with Gasteiger partial charge in [0.05, 0.1) is 11.6 Å². The second kappa shape index (κ2) is 5.21. The van der Waals surface area contributed by atoms with Crippen molar-refractivity contribution in [1.29, 1.82) is 5.26 Å². The average molecular weight is 225 g/mol. The van der Waals surface area contributed by atoms with E-state index in [4.69, 9.17) is 16.0 Å². The number of nitrogens with two attached hydrogens (primary N) is 1. The zero-order valence-electron chi connectivity index (χ0n) is 9.08. The fourth-order valence-electron chi connectivity index (χ4n) is 1.65. The Morgan fingerprint density at radius 2 is 2.06 bits per heavy atom. The maximum Gasteiger partial charge on any atom is 0.130 e. The number of hydrogen-bond acceptors (Lipinski definition) is 4. The van der Waals surface area contributed by atoms with Gasteiger partial charge >= 0.3 is 0 Å². The van der Waals surface area contributed by atoms with Gasteiger partial charge in [0.1, 0.15) is 6.10 Å². The molecule has 0 saturated carbocycles. The van der Waals surface area contributed by atoms with E-state index >= 15 is 0 Å². The molecule has 1 unspecified atom stereocenters. The van der Waals surface area contributed by atoms with Crippen molar-refractivity contribution in [2.45, 2.75) is 6.10 Å². The zero-order chi connectivity index (χ0) is 12.1. The SMILES string of the molecule is N#Cc1cccc(C(ON)c2cccnc2)c1. The van der Waals surface area contributed by atoms with Gasteiger partial charge in [0, 0.05) is 18.0 Å². The van der Waals surface area contributed by atoms with Crippen molar-refractivity contribution >= 4 is 0 Å². The average Bonchev–Trinajstić information content (AvgIpc) is 2.41. The summed E-state index contributed by atoms with van der Waals surface area (Å²) in [6.07, 6.45) is 2.97. The fourth-order valence-corrected chi connectivity index (χ4v) is 1.65. The van der Waals surface area contributed by atoms with Crippen LogP contribution in [0.25, 0.3) is 0 Å². The summed E-state index contributed by atoms with van der Waals surface area (Å²) in [6.45, 7) is 0. The Balaban J connectivity index is 2.39. The number of benzene rings is 1. The molecule has 4 nitrogen and oxygen atoms in total. The highest BCUT2D eigenvalue weighted by atomic mass is 16.6. The first-order chi connectivity index (χ1) is 8.35. The molecule has 0 fully saturated rings. The van der Waals surface area contributed by atoms with E-state index in [9.17, 15) is 0 Å².